The Hall–Kier alpha value is -0.250. The molecule has 0 aliphatic carbocycles. The van der Waals surface area contributed by atoms with Crippen molar-refractivity contribution in [2.75, 3.05) is 5.75 Å². The van der Waals surface area contributed by atoms with Crippen LogP contribution in [0.2, 0.25) is 5.02 Å². The van der Waals surface area contributed by atoms with Gasteiger partial charge in [-0.2, -0.15) is 0 Å². The quantitative estimate of drug-likeness (QED) is 0.639. The second-order valence-electron chi connectivity index (χ2n) is 2.23. The first kappa shape index (κ1) is 10.8. The number of benzene rings is 1. The van der Waals surface area contributed by atoms with E-state index in [1.807, 2.05) is 41.8 Å². The van der Waals surface area contributed by atoms with E-state index in [4.69, 9.17) is 11.6 Å². The smallest absolute Gasteiger partial charge is 0.0885 e. The Bertz CT molecular complexity index is 288. The minimum absolute atomic E-state index is 0.617. The predicted molar refractivity (Wildman–Crippen MR) is 61.2 cm³/mol. The zero-order valence-corrected chi connectivity index (χ0v) is 9.24. The Labute approximate surface area is 89.0 Å². The van der Waals surface area contributed by atoms with E-state index >= 15 is 0 Å². The first-order valence-electron chi connectivity index (χ1n) is 3.70. The van der Waals surface area contributed by atoms with E-state index in [1.54, 1.807) is 0 Å². The molecule has 0 bridgehead atoms. The SMILES string of the molecule is Clc1ccccc1.O=S1CC=CS1. The molecule has 1 unspecified atom stereocenters. The predicted octanol–water partition coefficient (Wildman–Crippen LogP) is 3.25. The number of halogens is 1. The fourth-order valence-electron chi connectivity index (χ4n) is 0.673. The Morgan fingerprint density at radius 3 is 2.23 bits per heavy atom. The highest BCUT2D eigenvalue weighted by molar-refractivity contribution is 8.70. The molecule has 1 aliphatic heterocycles. The van der Waals surface area contributed by atoms with Crippen LogP contribution < -0.4 is 0 Å². The molecule has 0 N–H and O–H groups in total. The van der Waals surface area contributed by atoms with Crippen molar-refractivity contribution in [3.05, 3.63) is 46.8 Å². The van der Waals surface area contributed by atoms with E-state index in [-0.39, 0.29) is 0 Å². The standard InChI is InChI=1S/C6H5Cl.C3H4OS2/c7-6-4-2-1-3-5-6;4-6-3-1-2-5-6/h1-5H;1-2H,3H2. The summed E-state index contributed by atoms with van der Waals surface area (Å²) < 4.78 is 10.3. The van der Waals surface area contributed by atoms with Gasteiger partial charge in [0, 0.05) is 5.02 Å². The fraction of sp³-hybridized carbons (Fsp3) is 0.111. The third-order valence-corrected chi connectivity index (χ3v) is 3.84. The number of hydrogen-bond acceptors (Lipinski definition) is 2. The second-order valence-corrected chi connectivity index (χ2v) is 5.77. The van der Waals surface area contributed by atoms with Crippen LogP contribution >= 0.6 is 22.4 Å². The van der Waals surface area contributed by atoms with Gasteiger partial charge in [-0.15, -0.1) is 0 Å². The lowest BCUT2D eigenvalue weighted by Gasteiger charge is -1.80. The third-order valence-electron chi connectivity index (χ3n) is 1.22. The third kappa shape index (κ3) is 5.13. The molecule has 0 saturated heterocycles. The molecular formula is C9H9ClOS2. The highest BCUT2D eigenvalue weighted by Crippen LogP contribution is 2.15. The van der Waals surface area contributed by atoms with Crippen LogP contribution in [0.4, 0.5) is 0 Å². The van der Waals surface area contributed by atoms with Crippen LogP contribution in [0.25, 0.3) is 0 Å². The molecule has 1 heterocycles. The van der Waals surface area contributed by atoms with E-state index < -0.39 is 9.83 Å². The molecule has 0 saturated carbocycles. The van der Waals surface area contributed by atoms with Crippen molar-refractivity contribution in [3.8, 4) is 0 Å². The molecule has 13 heavy (non-hydrogen) atoms. The summed E-state index contributed by atoms with van der Waals surface area (Å²) in [6.45, 7) is 0. The van der Waals surface area contributed by atoms with Crippen LogP contribution in [-0.4, -0.2) is 9.96 Å². The number of rotatable bonds is 0. The first-order chi connectivity index (χ1) is 6.29. The van der Waals surface area contributed by atoms with Crippen molar-refractivity contribution < 1.29 is 4.21 Å². The Balaban J connectivity index is 0.000000132. The van der Waals surface area contributed by atoms with E-state index in [2.05, 4.69) is 0 Å². The average Bonchev–Trinajstić information content (AvgIpc) is 2.58. The van der Waals surface area contributed by atoms with Gasteiger partial charge in [-0.1, -0.05) is 35.9 Å². The molecule has 0 amide bonds. The molecule has 1 aromatic rings. The van der Waals surface area contributed by atoms with Gasteiger partial charge in [-0.25, -0.2) is 4.21 Å². The summed E-state index contributed by atoms with van der Waals surface area (Å²) in [6.07, 6.45) is 1.92. The Morgan fingerprint density at radius 1 is 1.31 bits per heavy atom. The van der Waals surface area contributed by atoms with E-state index in [9.17, 15) is 4.21 Å². The van der Waals surface area contributed by atoms with Gasteiger partial charge in [0.1, 0.15) is 0 Å². The monoisotopic (exact) mass is 232 g/mol. The van der Waals surface area contributed by atoms with Gasteiger partial charge >= 0.3 is 0 Å². The molecule has 0 spiro atoms. The molecule has 0 fully saturated rings. The van der Waals surface area contributed by atoms with Crippen molar-refractivity contribution in [2.45, 2.75) is 0 Å². The van der Waals surface area contributed by atoms with Gasteiger partial charge in [0.05, 0.1) is 15.6 Å². The summed E-state index contributed by atoms with van der Waals surface area (Å²) in [4.78, 5) is 0. The van der Waals surface area contributed by atoms with Crippen LogP contribution in [0.1, 0.15) is 0 Å². The first-order valence-corrected chi connectivity index (χ1v) is 6.79. The lowest BCUT2D eigenvalue weighted by atomic mass is 10.4. The molecular weight excluding hydrogens is 224 g/mol. The summed E-state index contributed by atoms with van der Waals surface area (Å²) in [5.74, 6) is 0.741. The van der Waals surface area contributed by atoms with Crippen LogP contribution in [0.5, 0.6) is 0 Å². The van der Waals surface area contributed by atoms with Crippen LogP contribution in [0.15, 0.2) is 41.8 Å². The minimum atomic E-state index is -0.617. The van der Waals surface area contributed by atoms with Crippen molar-refractivity contribution in [3.63, 3.8) is 0 Å². The van der Waals surface area contributed by atoms with Crippen LogP contribution in [-0.2, 0) is 9.83 Å². The minimum Gasteiger partial charge on any atom is -0.247 e. The summed E-state index contributed by atoms with van der Waals surface area (Å²) in [5, 5.41) is 2.67. The van der Waals surface area contributed by atoms with Gasteiger partial charge in [0.15, 0.2) is 0 Å². The number of hydrogen-bond donors (Lipinski definition) is 0. The van der Waals surface area contributed by atoms with Gasteiger partial charge in [0.25, 0.3) is 0 Å². The molecule has 1 aromatic carbocycles. The molecule has 1 nitrogen and oxygen atoms in total. The summed E-state index contributed by atoms with van der Waals surface area (Å²) in [7, 11) is 0.772. The lowest BCUT2D eigenvalue weighted by Crippen LogP contribution is -1.75. The van der Waals surface area contributed by atoms with Crippen molar-refractivity contribution in [1.82, 2.24) is 0 Å². The largest absolute Gasteiger partial charge is 0.247 e. The molecule has 1 aliphatic rings. The van der Waals surface area contributed by atoms with Gasteiger partial charge in [-0.05, 0) is 28.3 Å². The molecule has 1 atom stereocenters. The average molecular weight is 233 g/mol. The van der Waals surface area contributed by atoms with Crippen LogP contribution in [0.3, 0.4) is 0 Å². The lowest BCUT2D eigenvalue weighted by molar-refractivity contribution is 0.693. The Kier molecular flexibility index (Phi) is 5.20. The maximum atomic E-state index is 10.3. The fourth-order valence-corrected chi connectivity index (χ4v) is 2.65. The van der Waals surface area contributed by atoms with Gasteiger partial charge < -0.3 is 0 Å². The molecule has 0 aromatic heterocycles. The molecule has 4 heteroatoms. The summed E-state index contributed by atoms with van der Waals surface area (Å²) in [5.41, 5.74) is 0. The van der Waals surface area contributed by atoms with Crippen molar-refractivity contribution in [1.29, 1.82) is 0 Å². The van der Waals surface area contributed by atoms with Crippen molar-refractivity contribution >= 4 is 32.2 Å². The molecule has 70 valence electrons. The van der Waals surface area contributed by atoms with Gasteiger partial charge in [-0.3, -0.25) is 0 Å². The maximum absolute atomic E-state index is 10.3. The molecule has 0 radical (unpaired) electrons. The highest BCUT2D eigenvalue weighted by atomic mass is 35.5. The molecule has 2 rings (SSSR count). The topological polar surface area (TPSA) is 17.1 Å². The zero-order chi connectivity index (χ0) is 9.52. The zero-order valence-electron chi connectivity index (χ0n) is 6.85. The Morgan fingerprint density at radius 2 is 2.00 bits per heavy atom. The normalized spacial score (nSPS) is 19.3. The summed E-state index contributed by atoms with van der Waals surface area (Å²) in [6, 6.07) is 9.44. The maximum Gasteiger partial charge on any atom is 0.0885 e. The summed E-state index contributed by atoms with van der Waals surface area (Å²) >= 11 is 5.54. The van der Waals surface area contributed by atoms with Gasteiger partial charge in [0.2, 0.25) is 0 Å². The van der Waals surface area contributed by atoms with E-state index in [1.165, 1.54) is 10.8 Å². The van der Waals surface area contributed by atoms with E-state index in [0.29, 0.717) is 0 Å². The van der Waals surface area contributed by atoms with Crippen molar-refractivity contribution in [2.24, 2.45) is 0 Å². The second kappa shape index (κ2) is 6.24. The van der Waals surface area contributed by atoms with E-state index in [0.717, 1.165) is 10.8 Å². The van der Waals surface area contributed by atoms with Crippen LogP contribution in [0, 0.1) is 0 Å². The highest BCUT2D eigenvalue weighted by Gasteiger charge is 1.98.